The number of phenols is 1. The number of rotatable bonds is 0. The van der Waals surface area contributed by atoms with Crippen molar-refractivity contribution in [1.29, 1.82) is 0 Å². The molecule has 2 aromatic rings. The smallest absolute Gasteiger partial charge is 0.269 e. The minimum absolute atomic E-state index is 0.0376. The van der Waals surface area contributed by atoms with Gasteiger partial charge in [-0.05, 0) is 30.5 Å². The van der Waals surface area contributed by atoms with Crippen LogP contribution in [0.2, 0.25) is 0 Å². The Morgan fingerprint density at radius 2 is 2.08 bits per heavy atom. The van der Waals surface area contributed by atoms with Crippen LogP contribution in [0, 0.1) is 0 Å². The average molecular weight is 413 g/mol. The van der Waals surface area contributed by atoms with Gasteiger partial charge in [0.05, 0.1) is 10.4 Å². The largest absolute Gasteiger partial charge is 0.507 e. The molecule has 2 unspecified atom stereocenters. The summed E-state index contributed by atoms with van der Waals surface area (Å²) in [6.07, 6.45) is 0.759. The molecule has 130 valence electrons. The summed E-state index contributed by atoms with van der Waals surface area (Å²) in [5.74, 6) is -0.610. The van der Waals surface area contributed by atoms with Gasteiger partial charge in [-0.25, -0.2) is 0 Å². The Balaban J connectivity index is 1.68. The average Bonchev–Trinajstić information content (AvgIpc) is 3.41. The Kier molecular flexibility index (Phi) is 2.19. The molecule has 2 bridgehead atoms. The molecule has 0 saturated carbocycles. The first-order valence-corrected chi connectivity index (χ1v) is 9.72. The van der Waals surface area contributed by atoms with Gasteiger partial charge in [-0.3, -0.25) is 4.79 Å². The molecule has 3 aliphatic heterocycles. The van der Waals surface area contributed by atoms with Gasteiger partial charge in [0.1, 0.15) is 17.1 Å². The van der Waals surface area contributed by atoms with E-state index in [0.717, 1.165) is 29.7 Å². The Morgan fingerprint density at radius 1 is 1.19 bits per heavy atom. The summed E-state index contributed by atoms with van der Waals surface area (Å²) >= 11 is 3.86. The summed E-state index contributed by atoms with van der Waals surface area (Å²) < 4.78 is 18.9. The van der Waals surface area contributed by atoms with Crippen LogP contribution in [0.3, 0.4) is 0 Å². The van der Waals surface area contributed by atoms with E-state index < -0.39 is 23.6 Å². The maximum Gasteiger partial charge on any atom is 0.269 e. The third kappa shape index (κ3) is 1.24. The number of aromatic hydroxyl groups is 1. The van der Waals surface area contributed by atoms with Gasteiger partial charge in [-0.1, -0.05) is 34.1 Å². The third-order valence-electron chi connectivity index (χ3n) is 6.47. The van der Waals surface area contributed by atoms with E-state index in [9.17, 15) is 9.90 Å². The first kappa shape index (κ1) is 14.2. The van der Waals surface area contributed by atoms with Gasteiger partial charge >= 0.3 is 0 Å². The summed E-state index contributed by atoms with van der Waals surface area (Å²) in [7, 11) is 0. The van der Waals surface area contributed by atoms with Crippen molar-refractivity contribution in [1.82, 2.24) is 0 Å². The van der Waals surface area contributed by atoms with Crippen molar-refractivity contribution < 1.29 is 24.1 Å². The molecular weight excluding hydrogens is 400 g/mol. The highest BCUT2D eigenvalue weighted by atomic mass is 79.9. The lowest BCUT2D eigenvalue weighted by molar-refractivity contribution is -0.259. The minimum atomic E-state index is -1.17. The molecule has 0 aromatic heterocycles. The van der Waals surface area contributed by atoms with Crippen LogP contribution in [0.25, 0.3) is 0 Å². The number of carbonyl (C=O) groups is 1. The number of ketones is 1. The molecule has 2 aliphatic carbocycles. The lowest BCUT2D eigenvalue weighted by atomic mass is 9.73. The predicted octanol–water partition coefficient (Wildman–Crippen LogP) is 2.88. The molecule has 2 spiro atoms. The SMILES string of the molecule is O=C1c2c(O)ccc3c2[C@@]2(Oc4cccc5c4C3(O2)C(Br)CC5)[C@@H]2O[C@H]12. The number of ether oxygens (including phenoxy) is 3. The van der Waals surface area contributed by atoms with Crippen LogP contribution in [0.5, 0.6) is 11.5 Å². The van der Waals surface area contributed by atoms with E-state index in [1.807, 2.05) is 18.2 Å². The van der Waals surface area contributed by atoms with Crippen LogP contribution in [0.1, 0.15) is 39.0 Å². The second kappa shape index (κ2) is 4.01. The van der Waals surface area contributed by atoms with Crippen LogP contribution in [0.15, 0.2) is 30.3 Å². The van der Waals surface area contributed by atoms with Gasteiger partial charge in [-0.15, -0.1) is 0 Å². The molecule has 26 heavy (non-hydrogen) atoms. The Hall–Kier alpha value is -1.89. The molecule has 6 heteroatoms. The number of hydrogen-bond donors (Lipinski definition) is 1. The van der Waals surface area contributed by atoms with Crippen molar-refractivity contribution in [3.63, 3.8) is 0 Å². The molecule has 3 heterocycles. The minimum Gasteiger partial charge on any atom is -0.507 e. The number of aryl methyl sites for hydroxylation is 1. The molecule has 0 amide bonds. The fourth-order valence-electron chi connectivity index (χ4n) is 5.45. The zero-order chi connectivity index (χ0) is 17.4. The van der Waals surface area contributed by atoms with Crippen LogP contribution in [-0.2, 0) is 27.3 Å². The molecule has 1 N–H and O–H groups in total. The highest BCUT2D eigenvalue weighted by Crippen LogP contribution is 2.68. The second-order valence-corrected chi connectivity index (χ2v) is 8.73. The topological polar surface area (TPSA) is 68.3 Å². The predicted molar refractivity (Wildman–Crippen MR) is 92.7 cm³/mol. The van der Waals surface area contributed by atoms with Gasteiger partial charge in [-0.2, -0.15) is 0 Å². The molecule has 5 aliphatic rings. The number of halogens is 1. The summed E-state index contributed by atoms with van der Waals surface area (Å²) in [5, 5.41) is 10.5. The summed E-state index contributed by atoms with van der Waals surface area (Å²) in [5.41, 5.74) is 3.34. The number of alkyl halides is 1. The molecule has 7 rings (SSSR count). The van der Waals surface area contributed by atoms with Gasteiger partial charge in [0.25, 0.3) is 5.79 Å². The zero-order valence-electron chi connectivity index (χ0n) is 13.5. The molecule has 0 radical (unpaired) electrons. The van der Waals surface area contributed by atoms with Crippen LogP contribution < -0.4 is 4.74 Å². The van der Waals surface area contributed by atoms with Crippen molar-refractivity contribution in [2.45, 2.75) is 41.3 Å². The Morgan fingerprint density at radius 3 is 2.96 bits per heavy atom. The van der Waals surface area contributed by atoms with Gasteiger partial charge in [0.15, 0.2) is 18.0 Å². The lowest BCUT2D eigenvalue weighted by Crippen LogP contribution is -2.53. The van der Waals surface area contributed by atoms with Crippen LogP contribution in [0.4, 0.5) is 0 Å². The highest BCUT2D eigenvalue weighted by molar-refractivity contribution is 9.09. The van der Waals surface area contributed by atoms with E-state index in [1.54, 1.807) is 6.07 Å². The standard InChI is InChI=1S/C20H13BrO5/c21-12-7-4-8-2-1-3-11-14(8)19(12)9-5-6-10(22)13-15(9)20(25-11,26-19)18-17(24-18)16(13)23/h1-3,5-6,12,17-18,22H,4,7H2/t12?,17-,18-,19?,20+/m1/s1. The quantitative estimate of drug-likeness (QED) is 0.532. The first-order valence-electron chi connectivity index (χ1n) is 8.80. The van der Waals surface area contributed by atoms with Crippen LogP contribution in [-0.4, -0.2) is 27.9 Å². The van der Waals surface area contributed by atoms with Crippen molar-refractivity contribution in [3.8, 4) is 11.5 Å². The summed E-state index contributed by atoms with van der Waals surface area (Å²) in [4.78, 5) is 12.8. The van der Waals surface area contributed by atoms with Crippen molar-refractivity contribution >= 4 is 21.7 Å². The second-order valence-electron chi connectivity index (χ2n) is 7.63. The normalized spacial score (nSPS) is 39.6. The molecular formula is C20H13BrO5. The van der Waals surface area contributed by atoms with E-state index in [1.165, 1.54) is 5.56 Å². The van der Waals surface area contributed by atoms with Crippen molar-refractivity contribution in [2.24, 2.45) is 0 Å². The highest BCUT2D eigenvalue weighted by Gasteiger charge is 2.76. The van der Waals surface area contributed by atoms with Gasteiger partial charge in [0, 0.05) is 16.7 Å². The zero-order valence-corrected chi connectivity index (χ0v) is 15.1. The number of fused-ring (bicyclic) bond motifs is 1. The van der Waals surface area contributed by atoms with Gasteiger partial charge < -0.3 is 19.3 Å². The van der Waals surface area contributed by atoms with Gasteiger partial charge in [0.2, 0.25) is 0 Å². The number of Topliss-reactive ketones (excluding diaryl/α,β-unsaturated/α-hetero) is 1. The van der Waals surface area contributed by atoms with E-state index in [2.05, 4.69) is 22.0 Å². The van der Waals surface area contributed by atoms with E-state index in [-0.39, 0.29) is 21.9 Å². The van der Waals surface area contributed by atoms with Crippen LogP contribution >= 0.6 is 15.9 Å². The number of hydrogen-bond acceptors (Lipinski definition) is 5. The fraction of sp³-hybridized carbons (Fsp3) is 0.350. The van der Waals surface area contributed by atoms with Crippen molar-refractivity contribution in [3.05, 3.63) is 58.1 Å². The fourth-order valence-corrected chi connectivity index (χ4v) is 6.24. The van der Waals surface area contributed by atoms with E-state index >= 15 is 0 Å². The van der Waals surface area contributed by atoms with E-state index in [0.29, 0.717) is 5.56 Å². The number of phenolic OH excluding ortho intramolecular Hbond substituents is 1. The maximum atomic E-state index is 12.8. The van der Waals surface area contributed by atoms with E-state index in [4.69, 9.17) is 14.2 Å². The molecule has 5 atom stereocenters. The third-order valence-corrected chi connectivity index (χ3v) is 7.57. The Labute approximate surface area is 157 Å². The summed E-state index contributed by atoms with van der Waals surface area (Å²) in [6, 6.07) is 9.54. The number of epoxide rings is 1. The molecule has 2 aromatic carbocycles. The summed E-state index contributed by atoms with van der Waals surface area (Å²) in [6.45, 7) is 0. The van der Waals surface area contributed by atoms with Crippen molar-refractivity contribution in [2.75, 3.05) is 0 Å². The molecule has 1 fully saturated rings. The maximum absolute atomic E-state index is 12.8. The monoisotopic (exact) mass is 412 g/mol. The molecule has 1 saturated heterocycles. The first-order chi connectivity index (χ1) is 12.6. The number of benzene rings is 2. The lowest BCUT2D eigenvalue weighted by Gasteiger charge is -2.47. The number of carbonyl (C=O) groups excluding carboxylic acids is 1. The Bertz CT molecular complexity index is 1060. The molecule has 5 nitrogen and oxygen atoms in total.